The first-order valence-electron chi connectivity index (χ1n) is 14.8. The summed E-state index contributed by atoms with van der Waals surface area (Å²) in [5.41, 5.74) is 4.80. The van der Waals surface area contributed by atoms with Crippen molar-refractivity contribution >= 4 is 16.0 Å². The lowest BCUT2D eigenvalue weighted by atomic mass is 9.95. The lowest BCUT2D eigenvalue weighted by molar-refractivity contribution is -0.137. The minimum Gasteiger partial charge on any atom is -0.481 e. The van der Waals surface area contributed by atoms with Crippen molar-refractivity contribution in [2.75, 3.05) is 20.1 Å². The van der Waals surface area contributed by atoms with E-state index in [1.807, 2.05) is 61.5 Å². The fourth-order valence-electron chi connectivity index (χ4n) is 5.08. The molecule has 3 rings (SSSR count). The summed E-state index contributed by atoms with van der Waals surface area (Å²) in [6, 6.07) is 23.7. The number of aliphatic hydroxyl groups excluding tert-OH is 1. The minimum atomic E-state index is -3.80. The molecular weight excluding hydrogens is 548 g/mol. The van der Waals surface area contributed by atoms with Crippen LogP contribution in [0.25, 0.3) is 11.1 Å². The van der Waals surface area contributed by atoms with E-state index >= 15 is 0 Å². The molecule has 0 spiro atoms. The van der Waals surface area contributed by atoms with Crippen LogP contribution in [0.1, 0.15) is 63.1 Å². The quantitative estimate of drug-likeness (QED) is 0.185. The van der Waals surface area contributed by atoms with Gasteiger partial charge in [-0.1, -0.05) is 67.6 Å². The summed E-state index contributed by atoms with van der Waals surface area (Å²) >= 11 is 0. The number of nitrogens with one attached hydrogen (secondary N) is 1. The zero-order valence-electron chi connectivity index (χ0n) is 25.3. The molecule has 0 bridgehead atoms. The van der Waals surface area contributed by atoms with Gasteiger partial charge in [0.1, 0.15) is 0 Å². The van der Waals surface area contributed by atoms with Gasteiger partial charge in [-0.05, 0) is 92.3 Å². The Balaban J connectivity index is 1.58. The molecule has 0 unspecified atom stereocenters. The number of aliphatic hydroxyl groups is 1. The van der Waals surface area contributed by atoms with Gasteiger partial charge in [0.15, 0.2) is 0 Å². The molecule has 0 saturated heterocycles. The maximum Gasteiger partial charge on any atom is 0.303 e. The average molecular weight is 595 g/mol. The van der Waals surface area contributed by atoms with Crippen LogP contribution in [0, 0.1) is 0 Å². The number of nitrogens with zero attached hydrogens (tertiary/aromatic N) is 1. The third-order valence-electron chi connectivity index (χ3n) is 7.67. The maximum absolute atomic E-state index is 13.5. The second kappa shape index (κ2) is 15.4. The Hall–Kier alpha value is -3.04. The summed E-state index contributed by atoms with van der Waals surface area (Å²) in [5.74, 6) is -0.792. The molecule has 0 aliphatic heterocycles. The number of aliphatic carboxylic acids is 1. The lowest BCUT2D eigenvalue weighted by Gasteiger charge is -2.29. The Morgan fingerprint density at radius 1 is 0.929 bits per heavy atom. The van der Waals surface area contributed by atoms with Crippen LogP contribution in [0.3, 0.4) is 0 Å². The second-order valence-corrected chi connectivity index (χ2v) is 13.7. The molecule has 0 radical (unpaired) electrons. The Morgan fingerprint density at radius 3 is 2.19 bits per heavy atom. The van der Waals surface area contributed by atoms with Crippen molar-refractivity contribution in [3.8, 4) is 11.1 Å². The van der Waals surface area contributed by atoms with Gasteiger partial charge in [0.25, 0.3) is 0 Å². The number of sulfonamides is 1. The summed E-state index contributed by atoms with van der Waals surface area (Å²) in [6.45, 7) is 6.43. The molecule has 1 atom stereocenters. The number of benzene rings is 3. The van der Waals surface area contributed by atoms with Crippen molar-refractivity contribution in [1.29, 1.82) is 0 Å². The number of carboxylic acids is 1. The third kappa shape index (κ3) is 10.1. The molecule has 3 N–H and O–H groups in total. The molecule has 8 heteroatoms. The molecule has 42 heavy (non-hydrogen) atoms. The predicted octanol–water partition coefficient (Wildman–Crippen LogP) is 5.70. The van der Waals surface area contributed by atoms with Crippen molar-refractivity contribution in [3.63, 3.8) is 0 Å². The third-order valence-corrected chi connectivity index (χ3v) is 9.59. The fraction of sp³-hybridized carbons (Fsp3) is 0.441. The zero-order chi connectivity index (χ0) is 30.8. The van der Waals surface area contributed by atoms with Crippen molar-refractivity contribution < 1.29 is 23.4 Å². The molecule has 3 aromatic rings. The molecular formula is C34H46N2O5S. The summed E-state index contributed by atoms with van der Waals surface area (Å²) in [4.78, 5) is 11.0. The van der Waals surface area contributed by atoms with E-state index < -0.39 is 22.1 Å². The van der Waals surface area contributed by atoms with E-state index in [0.717, 1.165) is 41.5 Å². The van der Waals surface area contributed by atoms with Crippen LogP contribution in [0.2, 0.25) is 0 Å². The normalized spacial score (nSPS) is 12.9. The van der Waals surface area contributed by atoms with Gasteiger partial charge in [0.05, 0.1) is 11.0 Å². The van der Waals surface area contributed by atoms with Gasteiger partial charge in [-0.3, -0.25) is 4.79 Å². The fourth-order valence-corrected chi connectivity index (χ4v) is 6.56. The number of carbonyl (C=O) groups is 1. The highest BCUT2D eigenvalue weighted by molar-refractivity contribution is 7.89. The summed E-state index contributed by atoms with van der Waals surface area (Å²) in [7, 11) is -2.29. The molecule has 0 amide bonds. The van der Waals surface area contributed by atoms with E-state index in [1.165, 1.54) is 16.9 Å². The van der Waals surface area contributed by atoms with Gasteiger partial charge in [-0.25, -0.2) is 8.42 Å². The smallest absolute Gasteiger partial charge is 0.303 e. The number of hydrogen-bond acceptors (Lipinski definition) is 5. The minimum absolute atomic E-state index is 0.0102. The van der Waals surface area contributed by atoms with Crippen LogP contribution in [0.15, 0.2) is 77.7 Å². The van der Waals surface area contributed by atoms with Gasteiger partial charge >= 0.3 is 5.97 Å². The van der Waals surface area contributed by atoms with E-state index in [9.17, 15) is 18.3 Å². The van der Waals surface area contributed by atoms with Gasteiger partial charge < -0.3 is 15.5 Å². The van der Waals surface area contributed by atoms with Gasteiger partial charge in [0.2, 0.25) is 10.0 Å². The van der Waals surface area contributed by atoms with Crippen LogP contribution in [0.4, 0.5) is 0 Å². The molecule has 0 heterocycles. The Kier molecular flexibility index (Phi) is 12.3. The Bertz CT molecular complexity index is 1390. The van der Waals surface area contributed by atoms with Gasteiger partial charge in [0, 0.05) is 32.1 Å². The topological polar surface area (TPSA) is 107 Å². The maximum atomic E-state index is 13.5. The summed E-state index contributed by atoms with van der Waals surface area (Å²) < 4.78 is 28.3. The standard InChI is InChI=1S/C34H46N2O5S/c1-5-28-23-30(29-18-16-27(17-19-29)13-9-15-33(38)39)20-21-32(28)42(40,41)36(4)25-31(37)24-35-34(2,3)22-10-14-26-11-7-6-8-12-26/h6-8,11-12,16-21,23,31,35,37H,5,9-10,13-15,22,24-25H2,1-4H3,(H,38,39)/t31-/m1/s1. The molecule has 3 aromatic carbocycles. The second-order valence-electron chi connectivity index (χ2n) is 11.7. The number of hydrogen-bond donors (Lipinski definition) is 3. The molecule has 7 nitrogen and oxygen atoms in total. The van der Waals surface area contributed by atoms with E-state index in [-0.39, 0.29) is 23.4 Å². The molecule has 0 aliphatic carbocycles. The number of aryl methyl sites for hydroxylation is 3. The van der Waals surface area contributed by atoms with E-state index in [1.54, 1.807) is 6.07 Å². The monoisotopic (exact) mass is 594 g/mol. The first-order chi connectivity index (χ1) is 19.9. The number of rotatable bonds is 17. The van der Waals surface area contributed by atoms with Crippen molar-refractivity contribution in [2.24, 2.45) is 0 Å². The Labute approximate surface area is 251 Å². The molecule has 0 fully saturated rings. The largest absolute Gasteiger partial charge is 0.481 e. The van der Waals surface area contributed by atoms with Crippen LogP contribution < -0.4 is 5.32 Å². The van der Waals surface area contributed by atoms with Crippen LogP contribution >= 0.6 is 0 Å². The lowest BCUT2D eigenvalue weighted by Crippen LogP contribution is -2.46. The van der Waals surface area contributed by atoms with Gasteiger partial charge in [-0.15, -0.1) is 0 Å². The molecule has 228 valence electrons. The first kappa shape index (κ1) is 33.5. The van der Waals surface area contributed by atoms with E-state index in [2.05, 4.69) is 31.3 Å². The molecule has 0 aliphatic rings. The number of carboxylic acid groups (broad SMARTS) is 1. The van der Waals surface area contributed by atoms with Crippen LogP contribution in [-0.4, -0.2) is 60.7 Å². The van der Waals surface area contributed by atoms with Crippen molar-refractivity contribution in [2.45, 2.75) is 82.3 Å². The summed E-state index contributed by atoms with van der Waals surface area (Å²) in [6.07, 6.45) is 4.07. The summed E-state index contributed by atoms with van der Waals surface area (Å²) in [5, 5.41) is 23.0. The highest BCUT2D eigenvalue weighted by Crippen LogP contribution is 2.28. The van der Waals surface area contributed by atoms with Crippen LogP contribution in [-0.2, 0) is 34.1 Å². The predicted molar refractivity (Wildman–Crippen MR) is 169 cm³/mol. The highest BCUT2D eigenvalue weighted by Gasteiger charge is 2.26. The number of β-amino-alcohol motifs (C(OH)–C–C–N with tert-alkyl or cyclic N) is 1. The van der Waals surface area contributed by atoms with Crippen molar-refractivity contribution in [3.05, 3.63) is 89.5 Å². The van der Waals surface area contributed by atoms with E-state index in [4.69, 9.17) is 5.11 Å². The van der Waals surface area contributed by atoms with Crippen LogP contribution in [0.5, 0.6) is 0 Å². The van der Waals surface area contributed by atoms with Crippen molar-refractivity contribution in [1.82, 2.24) is 9.62 Å². The van der Waals surface area contributed by atoms with Gasteiger partial charge in [-0.2, -0.15) is 4.31 Å². The number of likely N-dealkylation sites (N-methyl/N-ethyl adjacent to an activating group) is 1. The molecule has 0 aromatic heterocycles. The highest BCUT2D eigenvalue weighted by atomic mass is 32.2. The molecule has 0 saturated carbocycles. The Morgan fingerprint density at radius 2 is 1.55 bits per heavy atom. The zero-order valence-corrected chi connectivity index (χ0v) is 26.2. The SMILES string of the molecule is CCc1cc(-c2ccc(CCCC(=O)O)cc2)ccc1S(=O)(=O)N(C)C[C@H](O)CNC(C)(C)CCCc1ccccc1. The average Bonchev–Trinajstić information content (AvgIpc) is 2.96. The first-order valence-corrected chi connectivity index (χ1v) is 16.2. The van der Waals surface area contributed by atoms with E-state index in [0.29, 0.717) is 25.8 Å².